The molecule has 0 bridgehead atoms. The Kier molecular flexibility index (Phi) is 9.59. The van der Waals surface area contributed by atoms with Crippen molar-refractivity contribution >= 4 is 65.8 Å². The molecule has 0 fully saturated rings. The molecule has 2 heterocycles. The van der Waals surface area contributed by atoms with Crippen molar-refractivity contribution in [2.75, 3.05) is 0 Å². The zero-order valence-electron chi connectivity index (χ0n) is 29.5. The van der Waals surface area contributed by atoms with E-state index in [9.17, 15) is 9.59 Å². The molecule has 4 aromatic carbocycles. The Hall–Kier alpha value is -3.86. The molecule has 0 amide bonds. The van der Waals surface area contributed by atoms with E-state index in [1.54, 1.807) is 0 Å². The van der Waals surface area contributed by atoms with Crippen LogP contribution in [0.5, 0.6) is 0 Å². The monoisotopic (exact) mass is 694 g/mol. The van der Waals surface area contributed by atoms with Gasteiger partial charge in [0.05, 0.1) is 0 Å². The number of hydrogen-bond donors (Lipinski definition) is 0. The molecule has 4 heteroatoms. The van der Waals surface area contributed by atoms with Crippen LogP contribution < -0.4 is 10.9 Å². The molecule has 2 aromatic heterocycles. The molecule has 0 spiro atoms. The lowest BCUT2D eigenvalue weighted by Crippen LogP contribution is -2.13. The fourth-order valence-electron chi connectivity index (χ4n) is 8.38. The van der Waals surface area contributed by atoms with Gasteiger partial charge < -0.3 is 0 Å². The highest BCUT2D eigenvalue weighted by Gasteiger charge is 2.28. The van der Waals surface area contributed by atoms with Crippen molar-refractivity contribution in [1.82, 2.24) is 0 Å². The van der Waals surface area contributed by atoms with Crippen molar-refractivity contribution in [1.29, 1.82) is 0 Å². The number of aryl methyl sites for hydroxylation is 2. The number of benzene rings is 6. The van der Waals surface area contributed by atoms with Crippen LogP contribution in [0.15, 0.2) is 82.4 Å². The van der Waals surface area contributed by atoms with Gasteiger partial charge in [0.1, 0.15) is 0 Å². The van der Waals surface area contributed by atoms with Crippen LogP contribution in [0.1, 0.15) is 101 Å². The molecule has 0 atom stereocenters. The van der Waals surface area contributed by atoms with Crippen LogP contribution >= 0.6 is 22.7 Å². The van der Waals surface area contributed by atoms with E-state index >= 15 is 0 Å². The Morgan fingerprint density at radius 2 is 0.840 bits per heavy atom. The van der Waals surface area contributed by atoms with Gasteiger partial charge in [-0.15, -0.1) is 22.7 Å². The Bertz CT molecular complexity index is 2290. The minimum atomic E-state index is 0.0623. The first-order chi connectivity index (χ1) is 24.6. The summed E-state index contributed by atoms with van der Waals surface area (Å²) in [7, 11) is 0. The standard InChI is InChI=1S/C46H46O2S2/c1-3-5-7-9-11-13-17-29-23-25-39(49-29)35-27-37-43-41-31(35)19-15-21-33(41)46(48)38-28-36(32-20-16-22-34(45(37)47)42(32)44(38)43)40-26-24-30(50-40)18-14-12-10-8-6-4-2/h15-16,19-28H,3-14,17-18H2,1-2H3. The van der Waals surface area contributed by atoms with Crippen molar-refractivity contribution in [3.63, 3.8) is 0 Å². The van der Waals surface area contributed by atoms with E-state index < -0.39 is 0 Å². The molecule has 2 aliphatic rings. The van der Waals surface area contributed by atoms with Crippen LogP contribution in [0, 0.1) is 0 Å². The molecule has 0 saturated carbocycles. The van der Waals surface area contributed by atoms with Crippen LogP contribution in [-0.2, 0) is 12.8 Å². The van der Waals surface area contributed by atoms with Crippen LogP contribution in [-0.4, -0.2) is 0 Å². The summed E-state index contributed by atoms with van der Waals surface area (Å²) in [6.07, 6.45) is 17.6. The number of unbranched alkanes of at least 4 members (excludes halogenated alkanes) is 10. The van der Waals surface area contributed by atoms with Gasteiger partial charge >= 0.3 is 0 Å². The van der Waals surface area contributed by atoms with Gasteiger partial charge in [-0.2, -0.15) is 0 Å². The number of rotatable bonds is 16. The molecule has 254 valence electrons. The molecule has 2 aliphatic carbocycles. The van der Waals surface area contributed by atoms with Gasteiger partial charge in [-0.3, -0.25) is 9.59 Å². The molecule has 0 aliphatic heterocycles. The molecule has 0 N–H and O–H groups in total. The highest BCUT2D eigenvalue weighted by atomic mass is 32.1. The summed E-state index contributed by atoms with van der Waals surface area (Å²) in [4.78, 5) is 34.3. The van der Waals surface area contributed by atoms with Gasteiger partial charge in [0.15, 0.2) is 10.9 Å². The maximum Gasteiger partial charge on any atom is 0.194 e. The van der Waals surface area contributed by atoms with Crippen LogP contribution in [0.3, 0.4) is 0 Å². The fraction of sp³-hybridized carbons (Fsp3) is 0.348. The summed E-state index contributed by atoms with van der Waals surface area (Å²) in [5.74, 6) is 0. The van der Waals surface area contributed by atoms with E-state index in [0.29, 0.717) is 10.8 Å². The Morgan fingerprint density at radius 3 is 1.28 bits per heavy atom. The van der Waals surface area contributed by atoms with E-state index in [-0.39, 0.29) is 10.9 Å². The second-order valence-corrected chi connectivity index (χ2v) is 16.7. The summed E-state index contributed by atoms with van der Waals surface area (Å²) >= 11 is 3.68. The second kappa shape index (κ2) is 14.4. The average molecular weight is 695 g/mol. The third kappa shape index (κ3) is 5.89. The topological polar surface area (TPSA) is 34.1 Å². The van der Waals surface area contributed by atoms with Crippen molar-refractivity contribution < 1.29 is 0 Å². The summed E-state index contributed by atoms with van der Waals surface area (Å²) < 4.78 is 0. The quantitative estimate of drug-likeness (QED) is 0.0573. The first-order valence-electron chi connectivity index (χ1n) is 19.1. The van der Waals surface area contributed by atoms with Gasteiger partial charge in [-0.25, -0.2) is 0 Å². The molecule has 0 unspecified atom stereocenters. The van der Waals surface area contributed by atoms with Crippen LogP contribution in [0.2, 0.25) is 0 Å². The predicted molar refractivity (Wildman–Crippen MR) is 220 cm³/mol. The first-order valence-corrected chi connectivity index (χ1v) is 20.7. The molecule has 0 saturated heterocycles. The van der Waals surface area contributed by atoms with Gasteiger partial charge in [-0.1, -0.05) is 114 Å². The predicted octanol–water partition coefficient (Wildman–Crippen LogP) is 13.7. The fourth-order valence-corrected chi connectivity index (χ4v) is 10.5. The highest BCUT2D eigenvalue weighted by Crippen LogP contribution is 2.50. The smallest absolute Gasteiger partial charge is 0.194 e. The largest absolute Gasteiger partial charge is 0.289 e. The third-order valence-corrected chi connectivity index (χ3v) is 13.3. The third-order valence-electron chi connectivity index (χ3n) is 11.0. The van der Waals surface area contributed by atoms with E-state index in [4.69, 9.17) is 0 Å². The minimum absolute atomic E-state index is 0.0623. The minimum Gasteiger partial charge on any atom is -0.289 e. The van der Waals surface area contributed by atoms with Crippen LogP contribution in [0.4, 0.5) is 0 Å². The lowest BCUT2D eigenvalue weighted by atomic mass is 9.79. The molecule has 8 rings (SSSR count). The number of hydrogen-bond acceptors (Lipinski definition) is 4. The highest BCUT2D eigenvalue weighted by molar-refractivity contribution is 7.16. The van der Waals surface area contributed by atoms with Gasteiger partial charge in [0.2, 0.25) is 0 Å². The maximum atomic E-state index is 14.6. The van der Waals surface area contributed by atoms with E-state index in [0.717, 1.165) is 67.4 Å². The first kappa shape index (κ1) is 33.3. The van der Waals surface area contributed by atoms with E-state index in [2.05, 4.69) is 62.4 Å². The zero-order valence-corrected chi connectivity index (χ0v) is 31.1. The second-order valence-electron chi connectivity index (χ2n) is 14.4. The average Bonchev–Trinajstić information content (AvgIpc) is 3.82. The lowest BCUT2D eigenvalue weighted by Gasteiger charge is -2.23. The summed E-state index contributed by atoms with van der Waals surface area (Å²) in [6.45, 7) is 4.53. The van der Waals surface area contributed by atoms with Gasteiger partial charge in [0, 0.05) is 74.1 Å². The van der Waals surface area contributed by atoms with Gasteiger partial charge in [-0.05, 0) is 72.9 Å². The SMILES string of the molecule is CCCCCCCCc1ccc(-c2cc3c4c5c2cccc5c(=O)c2cc(-c5ccc(CCCCCCCC)s5)c5cccc(c3=O)c5c2-4)s1. The summed E-state index contributed by atoms with van der Waals surface area (Å²) in [5, 5.41) is 6.89. The number of thiophene rings is 2. The Balaban J connectivity index is 1.23. The van der Waals surface area contributed by atoms with E-state index in [1.165, 1.54) is 96.6 Å². The Labute approximate surface area is 303 Å². The summed E-state index contributed by atoms with van der Waals surface area (Å²) in [5.41, 5.74) is 4.15. The molecular formula is C46H46O2S2. The molecular weight excluding hydrogens is 649 g/mol. The van der Waals surface area contributed by atoms with Crippen molar-refractivity contribution in [2.24, 2.45) is 0 Å². The molecule has 0 radical (unpaired) electrons. The van der Waals surface area contributed by atoms with Crippen molar-refractivity contribution in [3.8, 4) is 32.0 Å². The molecule has 50 heavy (non-hydrogen) atoms. The maximum absolute atomic E-state index is 14.6. The summed E-state index contributed by atoms with van der Waals surface area (Å²) in [6, 6.07) is 25.5. The normalized spacial score (nSPS) is 12.3. The van der Waals surface area contributed by atoms with Crippen molar-refractivity contribution in [3.05, 3.63) is 103 Å². The zero-order chi connectivity index (χ0) is 34.2. The van der Waals surface area contributed by atoms with Crippen molar-refractivity contribution in [2.45, 2.75) is 104 Å². The van der Waals surface area contributed by atoms with E-state index in [1.807, 2.05) is 46.9 Å². The Morgan fingerprint density at radius 1 is 0.440 bits per heavy atom. The van der Waals surface area contributed by atoms with Gasteiger partial charge in [0.25, 0.3) is 0 Å². The molecule has 6 aromatic rings. The molecule has 2 nitrogen and oxygen atoms in total. The van der Waals surface area contributed by atoms with Crippen LogP contribution in [0.25, 0.3) is 75.1 Å². The lowest BCUT2D eigenvalue weighted by molar-refractivity contribution is 0.609.